The van der Waals surface area contributed by atoms with Gasteiger partial charge in [-0.25, -0.2) is 0 Å². The fourth-order valence-corrected chi connectivity index (χ4v) is 3.54. The molecule has 0 spiro atoms. The molecule has 2 aromatic rings. The van der Waals surface area contributed by atoms with Crippen LogP contribution in [0.2, 0.25) is 0 Å². The fourth-order valence-electron chi connectivity index (χ4n) is 3.54. The van der Waals surface area contributed by atoms with Gasteiger partial charge >= 0.3 is 6.18 Å². The van der Waals surface area contributed by atoms with Crippen molar-refractivity contribution in [3.8, 4) is 17.0 Å². The van der Waals surface area contributed by atoms with Gasteiger partial charge in [-0.3, -0.25) is 0 Å². The van der Waals surface area contributed by atoms with Crippen LogP contribution in [0.3, 0.4) is 0 Å². The van der Waals surface area contributed by atoms with E-state index in [9.17, 15) is 23.4 Å². The molecule has 0 amide bonds. The predicted molar refractivity (Wildman–Crippen MR) is 98.6 cm³/mol. The van der Waals surface area contributed by atoms with Crippen molar-refractivity contribution in [2.45, 2.75) is 57.5 Å². The summed E-state index contributed by atoms with van der Waals surface area (Å²) in [5.41, 5.74) is 6.60. The minimum Gasteiger partial charge on any atom is -0.507 e. The summed E-state index contributed by atoms with van der Waals surface area (Å²) < 4.78 is 38.5. The number of alkyl halides is 3. The minimum atomic E-state index is -4.55. The highest BCUT2D eigenvalue weighted by Crippen LogP contribution is 2.38. The molecular formula is C19H23F3N4O2. The van der Waals surface area contributed by atoms with Gasteiger partial charge in [0, 0.05) is 17.7 Å². The second kappa shape index (κ2) is 7.92. The number of benzene rings is 1. The van der Waals surface area contributed by atoms with Crippen molar-refractivity contribution < 1.29 is 23.4 Å². The van der Waals surface area contributed by atoms with E-state index >= 15 is 0 Å². The summed E-state index contributed by atoms with van der Waals surface area (Å²) in [5, 5.41) is 31.7. The number of aromatic hydroxyl groups is 1. The Kier molecular flexibility index (Phi) is 5.76. The van der Waals surface area contributed by atoms with E-state index in [4.69, 9.17) is 5.73 Å². The zero-order valence-electron chi connectivity index (χ0n) is 15.4. The number of phenolic OH excluding ortho intramolecular Hbond substituents is 1. The molecule has 2 atom stereocenters. The highest BCUT2D eigenvalue weighted by atomic mass is 19.4. The number of hydrogen-bond donors (Lipinski definition) is 4. The van der Waals surface area contributed by atoms with E-state index in [1.807, 2.05) is 0 Å². The van der Waals surface area contributed by atoms with Gasteiger partial charge in [0.1, 0.15) is 11.4 Å². The largest absolute Gasteiger partial charge is 0.507 e. The third-order valence-electron chi connectivity index (χ3n) is 5.18. The second-order valence-corrected chi connectivity index (χ2v) is 7.04. The van der Waals surface area contributed by atoms with Crippen molar-refractivity contribution >= 4 is 5.82 Å². The van der Waals surface area contributed by atoms with Crippen LogP contribution in [0.1, 0.15) is 42.4 Å². The van der Waals surface area contributed by atoms with Crippen LogP contribution < -0.4 is 11.1 Å². The monoisotopic (exact) mass is 396 g/mol. The van der Waals surface area contributed by atoms with E-state index in [1.54, 1.807) is 6.92 Å². The first-order chi connectivity index (χ1) is 13.2. The molecule has 1 saturated carbocycles. The lowest BCUT2D eigenvalue weighted by Gasteiger charge is -2.29. The van der Waals surface area contributed by atoms with Crippen LogP contribution in [0.25, 0.3) is 11.3 Å². The van der Waals surface area contributed by atoms with Crippen LogP contribution >= 0.6 is 0 Å². The van der Waals surface area contributed by atoms with E-state index in [0.29, 0.717) is 29.4 Å². The average Bonchev–Trinajstić information content (AvgIpc) is 2.63. The Balaban J connectivity index is 1.96. The summed E-state index contributed by atoms with van der Waals surface area (Å²) in [4.78, 5) is 0. The van der Waals surface area contributed by atoms with Crippen LogP contribution in [0.4, 0.5) is 19.0 Å². The summed E-state index contributed by atoms with van der Waals surface area (Å²) in [6, 6.07) is 2.58. The highest BCUT2D eigenvalue weighted by Gasteiger charge is 2.31. The zero-order chi connectivity index (χ0) is 20.5. The quantitative estimate of drug-likeness (QED) is 0.632. The third-order valence-corrected chi connectivity index (χ3v) is 5.18. The molecule has 1 fully saturated rings. The normalized spacial score (nSPS) is 20.2. The first kappa shape index (κ1) is 20.3. The molecule has 0 radical (unpaired) electrons. The smallest absolute Gasteiger partial charge is 0.416 e. The molecule has 152 valence electrons. The van der Waals surface area contributed by atoms with Crippen LogP contribution in [-0.2, 0) is 12.7 Å². The topological polar surface area (TPSA) is 104 Å². The lowest BCUT2D eigenvalue weighted by atomic mass is 9.92. The molecule has 3 rings (SSSR count). The van der Waals surface area contributed by atoms with Crippen LogP contribution in [0.15, 0.2) is 18.2 Å². The van der Waals surface area contributed by atoms with E-state index in [2.05, 4.69) is 15.5 Å². The van der Waals surface area contributed by atoms with Gasteiger partial charge in [-0.1, -0.05) is 12.8 Å². The minimum absolute atomic E-state index is 0.126. The maximum Gasteiger partial charge on any atom is 0.416 e. The van der Waals surface area contributed by atoms with Gasteiger partial charge in [0.05, 0.1) is 17.7 Å². The Hall–Kier alpha value is -2.39. The number of rotatable bonds is 4. The van der Waals surface area contributed by atoms with Crippen molar-refractivity contribution in [3.05, 3.63) is 34.9 Å². The summed E-state index contributed by atoms with van der Waals surface area (Å²) in [7, 11) is 0. The van der Waals surface area contributed by atoms with E-state index in [0.717, 1.165) is 25.3 Å². The molecule has 0 saturated heterocycles. The van der Waals surface area contributed by atoms with E-state index in [1.165, 1.54) is 6.07 Å². The Bertz CT molecular complexity index is 858. The van der Waals surface area contributed by atoms with Gasteiger partial charge in [-0.2, -0.15) is 13.2 Å². The molecular weight excluding hydrogens is 373 g/mol. The number of nitrogens with one attached hydrogen (secondary N) is 1. The molecule has 6 nitrogen and oxygen atoms in total. The highest BCUT2D eigenvalue weighted by molar-refractivity contribution is 5.72. The Morgan fingerprint density at radius 3 is 2.54 bits per heavy atom. The van der Waals surface area contributed by atoms with Crippen molar-refractivity contribution in [3.63, 3.8) is 0 Å². The molecule has 1 heterocycles. The third kappa shape index (κ3) is 4.05. The van der Waals surface area contributed by atoms with Gasteiger partial charge in [0.15, 0.2) is 5.82 Å². The Morgan fingerprint density at radius 2 is 1.93 bits per heavy atom. The molecule has 1 aromatic carbocycles. The number of nitrogens with zero attached hydrogens (tertiary/aromatic N) is 2. The van der Waals surface area contributed by atoms with Crippen LogP contribution in [0.5, 0.6) is 5.75 Å². The molecule has 0 bridgehead atoms. The van der Waals surface area contributed by atoms with Crippen LogP contribution in [0, 0.1) is 6.92 Å². The SMILES string of the molecule is Cc1c(-c2ccc(C(F)(F)F)cc2O)nnc(N[C@@H]2CCCC[C@H]2O)c1CN. The number of phenols is 1. The van der Waals surface area contributed by atoms with Crippen LogP contribution in [-0.4, -0.2) is 32.6 Å². The van der Waals surface area contributed by atoms with Gasteiger partial charge in [0.25, 0.3) is 0 Å². The molecule has 1 aromatic heterocycles. The zero-order valence-corrected chi connectivity index (χ0v) is 15.4. The Labute approximate surface area is 160 Å². The van der Waals surface area contributed by atoms with Crippen molar-refractivity contribution in [2.75, 3.05) is 5.32 Å². The summed E-state index contributed by atoms with van der Waals surface area (Å²) in [5.74, 6) is -0.0836. The summed E-state index contributed by atoms with van der Waals surface area (Å²) in [6.07, 6.45) is -1.56. The molecule has 9 heteroatoms. The van der Waals surface area contributed by atoms with Gasteiger partial charge < -0.3 is 21.3 Å². The Morgan fingerprint density at radius 1 is 1.21 bits per heavy atom. The molecule has 0 unspecified atom stereocenters. The maximum atomic E-state index is 12.8. The summed E-state index contributed by atoms with van der Waals surface area (Å²) in [6.45, 7) is 1.85. The summed E-state index contributed by atoms with van der Waals surface area (Å²) >= 11 is 0. The molecule has 1 aliphatic carbocycles. The van der Waals surface area contributed by atoms with Crippen molar-refractivity contribution in [2.24, 2.45) is 5.73 Å². The fraction of sp³-hybridized carbons (Fsp3) is 0.474. The number of aliphatic hydroxyl groups is 1. The number of aliphatic hydroxyl groups excluding tert-OH is 1. The van der Waals surface area contributed by atoms with Crippen molar-refractivity contribution in [1.82, 2.24) is 10.2 Å². The molecule has 1 aliphatic rings. The number of nitrogens with two attached hydrogens (primary N) is 1. The molecule has 28 heavy (non-hydrogen) atoms. The maximum absolute atomic E-state index is 12.8. The lowest BCUT2D eigenvalue weighted by Crippen LogP contribution is -2.37. The lowest BCUT2D eigenvalue weighted by molar-refractivity contribution is -0.137. The number of halogens is 3. The van der Waals surface area contributed by atoms with Gasteiger partial charge in [0.2, 0.25) is 0 Å². The number of aromatic nitrogens is 2. The van der Waals surface area contributed by atoms with E-state index < -0.39 is 23.6 Å². The van der Waals surface area contributed by atoms with E-state index in [-0.39, 0.29) is 23.8 Å². The van der Waals surface area contributed by atoms with Crippen molar-refractivity contribution in [1.29, 1.82) is 0 Å². The van der Waals surface area contributed by atoms with Gasteiger partial charge in [-0.15, -0.1) is 10.2 Å². The second-order valence-electron chi connectivity index (χ2n) is 7.04. The average molecular weight is 396 g/mol. The molecule has 0 aliphatic heterocycles. The first-order valence-corrected chi connectivity index (χ1v) is 9.13. The molecule has 5 N–H and O–H groups in total. The predicted octanol–water partition coefficient (Wildman–Crippen LogP) is 3.35. The van der Waals surface area contributed by atoms with Gasteiger partial charge in [-0.05, 0) is 43.5 Å². The standard InChI is InChI=1S/C19H23F3N4O2/c1-10-13(9-23)18(24-14-4-2-3-5-15(14)27)26-25-17(10)12-7-6-11(8-16(12)28)19(20,21)22/h6-8,14-15,27-28H,2-5,9,23H2,1H3,(H,24,26)/t14-,15-/m1/s1. The number of anilines is 1. The number of hydrogen-bond acceptors (Lipinski definition) is 6. The first-order valence-electron chi connectivity index (χ1n) is 9.13.